The summed E-state index contributed by atoms with van der Waals surface area (Å²) in [6.07, 6.45) is 0. The molecular formula is C19H17N5O3. The van der Waals surface area contributed by atoms with Crippen molar-refractivity contribution in [1.29, 1.82) is 0 Å². The largest absolute Gasteiger partial charge is 0.324 e. The van der Waals surface area contributed by atoms with Crippen LogP contribution in [0.1, 0.15) is 5.56 Å². The average molecular weight is 363 g/mol. The molecule has 2 heterocycles. The number of aryl methyl sites for hydroxylation is 1. The SMILES string of the molecule is Cc1ccc(NC(=O)CN2N=N[C@H]3C(=O)N(c4ccccc4)C(=O)[C@@H]32)cc1. The van der Waals surface area contributed by atoms with Gasteiger partial charge in [0.05, 0.1) is 5.69 Å². The number of hydrogen-bond donors (Lipinski definition) is 1. The zero-order chi connectivity index (χ0) is 19.0. The molecule has 0 aliphatic carbocycles. The van der Waals surface area contributed by atoms with Gasteiger partial charge in [0.2, 0.25) is 5.91 Å². The van der Waals surface area contributed by atoms with Crippen molar-refractivity contribution in [3.05, 3.63) is 60.2 Å². The Labute approximate surface area is 155 Å². The van der Waals surface area contributed by atoms with E-state index in [2.05, 4.69) is 15.7 Å². The van der Waals surface area contributed by atoms with E-state index in [-0.39, 0.29) is 12.5 Å². The number of fused-ring (bicyclic) bond motifs is 1. The maximum atomic E-state index is 12.8. The third kappa shape index (κ3) is 3.05. The summed E-state index contributed by atoms with van der Waals surface area (Å²) in [6.45, 7) is 1.79. The van der Waals surface area contributed by atoms with Crippen LogP contribution in [0.25, 0.3) is 0 Å². The standard InChI is InChI=1S/C19H17N5O3/c1-12-7-9-13(10-8-12)20-15(25)11-23-17-16(21-22-23)18(26)24(19(17)27)14-5-3-2-4-6-14/h2-10,16-17H,11H2,1H3,(H,20,25)/t16-,17-/m1/s1. The molecule has 2 atom stereocenters. The Bertz CT molecular complexity index is 926. The summed E-state index contributed by atoms with van der Waals surface area (Å²) in [5, 5.41) is 11.8. The molecule has 4 rings (SSSR count). The third-order valence-corrected chi connectivity index (χ3v) is 4.51. The molecule has 8 heteroatoms. The first-order valence-electron chi connectivity index (χ1n) is 8.51. The van der Waals surface area contributed by atoms with E-state index in [1.165, 1.54) is 5.01 Å². The van der Waals surface area contributed by atoms with Gasteiger partial charge in [0.1, 0.15) is 6.54 Å². The molecule has 0 radical (unpaired) electrons. The van der Waals surface area contributed by atoms with E-state index in [4.69, 9.17) is 0 Å². The Morgan fingerprint density at radius 2 is 1.74 bits per heavy atom. The molecule has 2 aliphatic rings. The molecule has 1 saturated heterocycles. The number of carbonyl (C=O) groups excluding carboxylic acids is 3. The predicted octanol–water partition coefficient (Wildman–Crippen LogP) is 1.93. The summed E-state index contributed by atoms with van der Waals surface area (Å²) < 4.78 is 0. The van der Waals surface area contributed by atoms with Crippen molar-refractivity contribution in [1.82, 2.24) is 5.01 Å². The Hall–Kier alpha value is -3.55. The lowest BCUT2D eigenvalue weighted by Crippen LogP contribution is -2.43. The molecule has 0 spiro atoms. The molecule has 2 aromatic rings. The second kappa shape index (κ2) is 6.64. The molecule has 0 unspecified atom stereocenters. The number of imide groups is 1. The lowest BCUT2D eigenvalue weighted by molar-refractivity contribution is -0.123. The monoisotopic (exact) mass is 363 g/mol. The fraction of sp³-hybridized carbons (Fsp3) is 0.211. The van der Waals surface area contributed by atoms with Crippen LogP contribution in [0.4, 0.5) is 11.4 Å². The topological polar surface area (TPSA) is 94.4 Å². The van der Waals surface area contributed by atoms with Crippen molar-refractivity contribution in [3.63, 3.8) is 0 Å². The van der Waals surface area contributed by atoms with E-state index in [9.17, 15) is 14.4 Å². The summed E-state index contributed by atoms with van der Waals surface area (Å²) in [5.41, 5.74) is 2.22. The van der Waals surface area contributed by atoms with Crippen LogP contribution in [0.2, 0.25) is 0 Å². The van der Waals surface area contributed by atoms with Gasteiger partial charge in [-0.2, -0.15) is 5.11 Å². The highest BCUT2D eigenvalue weighted by Crippen LogP contribution is 2.31. The number of anilines is 2. The summed E-state index contributed by atoms with van der Waals surface area (Å²) >= 11 is 0. The number of benzene rings is 2. The van der Waals surface area contributed by atoms with Crippen molar-refractivity contribution < 1.29 is 14.4 Å². The maximum Gasteiger partial charge on any atom is 0.263 e. The Morgan fingerprint density at radius 3 is 2.44 bits per heavy atom. The first kappa shape index (κ1) is 16.9. The van der Waals surface area contributed by atoms with Crippen LogP contribution in [0, 0.1) is 6.92 Å². The summed E-state index contributed by atoms with van der Waals surface area (Å²) in [5.74, 6) is -1.19. The van der Waals surface area contributed by atoms with Gasteiger partial charge in [0, 0.05) is 5.69 Å². The Balaban J connectivity index is 1.47. The number of nitrogens with one attached hydrogen (secondary N) is 1. The fourth-order valence-corrected chi connectivity index (χ4v) is 3.17. The van der Waals surface area contributed by atoms with Gasteiger partial charge in [-0.1, -0.05) is 41.1 Å². The highest BCUT2D eigenvalue weighted by Gasteiger charge is 2.55. The van der Waals surface area contributed by atoms with Crippen LogP contribution in [-0.2, 0) is 14.4 Å². The molecule has 0 saturated carbocycles. The highest BCUT2D eigenvalue weighted by molar-refractivity contribution is 6.25. The first-order chi connectivity index (χ1) is 13.0. The molecule has 136 valence electrons. The fourth-order valence-electron chi connectivity index (χ4n) is 3.17. The van der Waals surface area contributed by atoms with Crippen LogP contribution < -0.4 is 10.2 Å². The minimum Gasteiger partial charge on any atom is -0.324 e. The summed E-state index contributed by atoms with van der Waals surface area (Å²) in [6, 6.07) is 14.2. The molecule has 3 amide bonds. The van der Waals surface area contributed by atoms with E-state index in [1.807, 2.05) is 19.1 Å². The van der Waals surface area contributed by atoms with E-state index < -0.39 is 23.9 Å². The van der Waals surface area contributed by atoms with Crippen LogP contribution in [-0.4, -0.2) is 41.4 Å². The van der Waals surface area contributed by atoms with Crippen molar-refractivity contribution in [3.8, 4) is 0 Å². The Kier molecular flexibility index (Phi) is 4.15. The average Bonchev–Trinajstić information content (AvgIpc) is 3.18. The lowest BCUT2D eigenvalue weighted by Gasteiger charge is -2.20. The van der Waals surface area contributed by atoms with Gasteiger partial charge in [-0.25, -0.2) is 4.90 Å². The van der Waals surface area contributed by atoms with Gasteiger partial charge in [0.25, 0.3) is 11.8 Å². The quantitative estimate of drug-likeness (QED) is 0.840. The molecule has 27 heavy (non-hydrogen) atoms. The molecule has 1 fully saturated rings. The number of para-hydroxylation sites is 1. The number of nitrogens with zero attached hydrogens (tertiary/aromatic N) is 4. The van der Waals surface area contributed by atoms with Crippen LogP contribution in [0.3, 0.4) is 0 Å². The minimum atomic E-state index is -0.912. The van der Waals surface area contributed by atoms with Crippen LogP contribution >= 0.6 is 0 Å². The molecule has 8 nitrogen and oxygen atoms in total. The van der Waals surface area contributed by atoms with E-state index >= 15 is 0 Å². The zero-order valence-electron chi connectivity index (χ0n) is 14.6. The van der Waals surface area contributed by atoms with E-state index in [0.717, 1.165) is 10.5 Å². The molecule has 2 aromatic carbocycles. The lowest BCUT2D eigenvalue weighted by atomic mass is 10.1. The molecule has 2 aliphatic heterocycles. The first-order valence-corrected chi connectivity index (χ1v) is 8.51. The zero-order valence-corrected chi connectivity index (χ0v) is 14.6. The number of rotatable bonds is 4. The van der Waals surface area contributed by atoms with Crippen molar-refractivity contribution in [2.45, 2.75) is 19.0 Å². The second-order valence-electron chi connectivity index (χ2n) is 6.45. The second-order valence-corrected chi connectivity index (χ2v) is 6.45. The van der Waals surface area contributed by atoms with E-state index in [1.54, 1.807) is 42.5 Å². The predicted molar refractivity (Wildman–Crippen MR) is 97.9 cm³/mol. The maximum absolute atomic E-state index is 12.8. The van der Waals surface area contributed by atoms with Crippen molar-refractivity contribution in [2.24, 2.45) is 10.3 Å². The molecule has 0 bridgehead atoms. The minimum absolute atomic E-state index is 0.166. The highest BCUT2D eigenvalue weighted by atomic mass is 16.2. The van der Waals surface area contributed by atoms with Gasteiger partial charge >= 0.3 is 0 Å². The van der Waals surface area contributed by atoms with Crippen LogP contribution in [0.15, 0.2) is 64.9 Å². The van der Waals surface area contributed by atoms with Gasteiger partial charge in [0.15, 0.2) is 12.1 Å². The number of carbonyl (C=O) groups is 3. The molecular weight excluding hydrogens is 346 g/mol. The Morgan fingerprint density at radius 1 is 1.04 bits per heavy atom. The van der Waals surface area contributed by atoms with Gasteiger partial charge in [-0.15, -0.1) is 0 Å². The normalized spacial score (nSPS) is 20.9. The van der Waals surface area contributed by atoms with Gasteiger partial charge < -0.3 is 5.32 Å². The third-order valence-electron chi connectivity index (χ3n) is 4.51. The van der Waals surface area contributed by atoms with E-state index in [0.29, 0.717) is 11.4 Å². The smallest absolute Gasteiger partial charge is 0.263 e. The number of amides is 3. The van der Waals surface area contributed by atoms with Gasteiger partial charge in [-0.05, 0) is 31.2 Å². The van der Waals surface area contributed by atoms with Crippen LogP contribution in [0.5, 0.6) is 0 Å². The molecule has 1 N–H and O–H groups in total. The summed E-state index contributed by atoms with van der Waals surface area (Å²) in [7, 11) is 0. The number of hydrogen-bond acceptors (Lipinski definition) is 6. The van der Waals surface area contributed by atoms with Crippen molar-refractivity contribution >= 4 is 29.1 Å². The van der Waals surface area contributed by atoms with Crippen molar-refractivity contribution in [2.75, 3.05) is 16.8 Å². The molecule has 0 aromatic heterocycles. The summed E-state index contributed by atoms with van der Waals surface area (Å²) in [4.78, 5) is 38.8. The van der Waals surface area contributed by atoms with Gasteiger partial charge in [-0.3, -0.25) is 19.4 Å².